The molecule has 6 N–H and O–H groups in total. The maximum Gasteiger partial charge on any atom is 0.261 e. The highest BCUT2D eigenvalue weighted by molar-refractivity contribution is 6.35. The molecule has 7 rings (SSSR count). The Bertz CT molecular complexity index is 1540. The number of rotatable bonds is 7. The smallest absolute Gasteiger partial charge is 0.261 e. The lowest BCUT2D eigenvalue weighted by molar-refractivity contribution is -0.124. The summed E-state index contributed by atoms with van der Waals surface area (Å²) in [6, 6.07) is 10.4. The monoisotopic (exact) mass is 643 g/mol. The number of nitrogens with one attached hydrogen (secondary N) is 1. The van der Waals surface area contributed by atoms with Crippen molar-refractivity contribution in [3.8, 4) is 0 Å². The molecule has 2 bridgehead atoms. The molecule has 6 atom stereocenters. The number of nitrogens with zero attached hydrogens (tertiary/aromatic N) is 3. The van der Waals surface area contributed by atoms with Gasteiger partial charge in [0.05, 0.1) is 41.8 Å². The van der Waals surface area contributed by atoms with E-state index in [2.05, 4.69) is 44.6 Å². The quantitative estimate of drug-likeness (QED) is 0.224. The summed E-state index contributed by atoms with van der Waals surface area (Å²) in [5, 5.41) is 24.2. The van der Waals surface area contributed by atoms with E-state index < -0.39 is 6.10 Å². The number of hydrogen-bond donors (Lipinski definition) is 4. The molecular weight excluding hydrogens is 597 g/mol. The van der Waals surface area contributed by atoms with Crippen molar-refractivity contribution in [3.63, 3.8) is 0 Å². The van der Waals surface area contributed by atoms with Crippen molar-refractivity contribution in [1.82, 2.24) is 20.6 Å². The minimum absolute atomic E-state index is 0. The van der Waals surface area contributed by atoms with E-state index in [1.54, 1.807) is 34.9 Å². The summed E-state index contributed by atoms with van der Waals surface area (Å²) in [5.41, 5.74) is 2.75. The number of hydrogen-bond acceptors (Lipinski definition) is 7. The third-order valence-electron chi connectivity index (χ3n) is 10.4. The van der Waals surface area contributed by atoms with Gasteiger partial charge in [0, 0.05) is 28.8 Å². The molecule has 3 aliphatic carbocycles. The lowest BCUT2D eigenvalue weighted by Gasteiger charge is -2.61. The lowest BCUT2D eigenvalue weighted by atomic mass is 9.44. The number of aliphatic hydroxyl groups is 2. The molecule has 4 fully saturated rings. The molecule has 3 aromatic rings. The van der Waals surface area contributed by atoms with Gasteiger partial charge in [-0.3, -0.25) is 9.36 Å². The maximum absolute atomic E-state index is 12.9. The molecule has 1 aliphatic heterocycles. The number of β-amino-alcohol motifs (C(OH)–C–C–N with tert-alkyl or cyclic N) is 1. The molecule has 10 heteroatoms. The fourth-order valence-corrected chi connectivity index (χ4v) is 7.91. The highest BCUT2D eigenvalue weighted by Crippen LogP contribution is 2.62. The normalized spacial score (nSPS) is 26.7. The molecule has 2 heterocycles. The van der Waals surface area contributed by atoms with E-state index in [4.69, 9.17) is 23.2 Å². The number of aliphatic hydroxyl groups excluding tert-OH is 2. The second-order valence-electron chi connectivity index (χ2n) is 13.3. The van der Waals surface area contributed by atoms with E-state index >= 15 is 0 Å². The number of likely N-dealkylation sites (tertiary alicyclic amines) is 1. The second-order valence-corrected chi connectivity index (χ2v) is 14.2. The van der Waals surface area contributed by atoms with Gasteiger partial charge in [-0.25, -0.2) is 4.98 Å². The third kappa shape index (κ3) is 6.95. The van der Waals surface area contributed by atoms with Gasteiger partial charge >= 0.3 is 0 Å². The summed E-state index contributed by atoms with van der Waals surface area (Å²) in [6.07, 6.45) is 5.13. The van der Waals surface area contributed by atoms with Crippen molar-refractivity contribution in [1.29, 1.82) is 0 Å². The van der Waals surface area contributed by atoms with E-state index in [1.165, 1.54) is 19.2 Å². The number of aromatic nitrogens is 2. The molecule has 0 amide bonds. The van der Waals surface area contributed by atoms with Crippen LogP contribution in [0.15, 0.2) is 59.9 Å². The van der Waals surface area contributed by atoms with Crippen LogP contribution < -0.4 is 17.0 Å². The second kappa shape index (κ2) is 13.8. The molecule has 8 nitrogen and oxygen atoms in total. The zero-order valence-electron chi connectivity index (χ0n) is 26.3. The van der Waals surface area contributed by atoms with Gasteiger partial charge in [-0.05, 0) is 90.7 Å². The molecule has 44 heavy (non-hydrogen) atoms. The van der Waals surface area contributed by atoms with Gasteiger partial charge < -0.3 is 26.6 Å². The summed E-state index contributed by atoms with van der Waals surface area (Å²) >= 11 is 12.2. The Morgan fingerprint density at radius 1 is 1.14 bits per heavy atom. The fraction of sp³-hybridized carbons (Fsp3) is 0.529. The molecule has 1 aromatic heterocycles. The van der Waals surface area contributed by atoms with Gasteiger partial charge in [0.2, 0.25) is 0 Å². The first-order chi connectivity index (χ1) is 20.4. The van der Waals surface area contributed by atoms with Crippen LogP contribution in [-0.2, 0) is 13.0 Å². The average molecular weight is 645 g/mol. The van der Waals surface area contributed by atoms with E-state index in [0.717, 1.165) is 34.9 Å². The summed E-state index contributed by atoms with van der Waals surface area (Å²) < 4.78 is 1.57. The van der Waals surface area contributed by atoms with Crippen molar-refractivity contribution in [3.05, 3.63) is 81.1 Å². The Balaban J connectivity index is 0.000000308. The predicted molar refractivity (Wildman–Crippen MR) is 180 cm³/mol. The minimum atomic E-state index is -0.495. The highest BCUT2D eigenvalue weighted by atomic mass is 35.5. The Morgan fingerprint density at radius 2 is 1.89 bits per heavy atom. The van der Waals surface area contributed by atoms with Crippen LogP contribution in [0.4, 0.5) is 5.69 Å². The highest BCUT2D eigenvalue weighted by Gasteiger charge is 2.54. The largest absolute Gasteiger partial charge is 0.394 e. The molecule has 240 valence electrons. The molecule has 1 saturated heterocycles. The van der Waals surface area contributed by atoms with Crippen molar-refractivity contribution in [2.45, 2.75) is 72.1 Å². The zero-order chi connectivity index (χ0) is 31.1. The molecule has 0 radical (unpaired) electrons. The maximum atomic E-state index is 12.9. The number of aryl methyl sites for hydroxylation is 2. The first-order valence-electron chi connectivity index (χ1n) is 15.3. The van der Waals surface area contributed by atoms with Gasteiger partial charge in [-0.1, -0.05) is 63.5 Å². The molecule has 4 aliphatic rings. The van der Waals surface area contributed by atoms with Crippen LogP contribution in [0.3, 0.4) is 0 Å². The van der Waals surface area contributed by atoms with Gasteiger partial charge in [0.25, 0.3) is 5.56 Å². The molecule has 1 unspecified atom stereocenters. The number of fused-ring (bicyclic) bond motifs is 3. The number of anilines is 1. The first-order valence-corrected chi connectivity index (χ1v) is 16.1. The van der Waals surface area contributed by atoms with E-state index in [1.807, 2.05) is 11.0 Å². The molecule has 0 spiro atoms. The van der Waals surface area contributed by atoms with Gasteiger partial charge in [-0.2, -0.15) is 0 Å². The predicted octanol–water partition coefficient (Wildman–Crippen LogP) is 6.74. The Morgan fingerprint density at radius 3 is 2.52 bits per heavy atom. The average Bonchev–Trinajstić information content (AvgIpc) is 3.36. The van der Waals surface area contributed by atoms with Crippen LogP contribution in [0, 0.1) is 29.1 Å². The Hall–Kier alpha value is -2.62. The van der Waals surface area contributed by atoms with E-state index in [9.17, 15) is 15.0 Å². The lowest BCUT2D eigenvalue weighted by Crippen LogP contribution is -2.54. The molecular formula is C34H47Cl2N5O3. The van der Waals surface area contributed by atoms with Crippen LogP contribution in [0.5, 0.6) is 0 Å². The van der Waals surface area contributed by atoms with E-state index in [-0.39, 0.29) is 24.4 Å². The SMILES string of the molecule is C=C(Nc1ccc2c(=O)n(CCc3ccc(Cl)cc3Cl)cnc2c1)N1C[C@H](O)C[C@@H]1CO.CC1C[C@@H]2C[C@H]([C@@H]1C)C2(C)C.N. The Kier molecular flexibility index (Phi) is 10.7. The molecule has 3 saturated carbocycles. The van der Waals surface area contributed by atoms with Gasteiger partial charge in [-0.15, -0.1) is 0 Å². The number of benzene rings is 2. The van der Waals surface area contributed by atoms with Crippen LogP contribution in [-0.4, -0.2) is 50.0 Å². The van der Waals surface area contributed by atoms with Crippen molar-refractivity contribution >= 4 is 39.8 Å². The van der Waals surface area contributed by atoms with Gasteiger partial charge in [0.15, 0.2) is 0 Å². The standard InChI is InChI=1S/C23H24Cl2N4O3.C11H20.H3N/c1-14(29-11-19(31)10-18(29)12-30)27-17-4-5-20-22(9-17)26-13-28(23(20)32)7-6-15-2-3-16(24)8-21(15)25;1-7-5-9-6-10(8(7)2)11(9,3)4;/h2-5,8-9,13,18-19,27,30-31H,1,6-7,10-12H2;7-10H,5-6H2,1-4H3;1H3/t18-,19-;7?,8-,9-,10-;/m11./s1. The number of halogens is 2. The fourth-order valence-electron chi connectivity index (χ4n) is 7.40. The van der Waals surface area contributed by atoms with Crippen LogP contribution >= 0.6 is 23.2 Å². The summed E-state index contributed by atoms with van der Waals surface area (Å²) in [7, 11) is 0. The van der Waals surface area contributed by atoms with Gasteiger partial charge in [0.1, 0.15) is 0 Å². The topological polar surface area (TPSA) is 126 Å². The van der Waals surface area contributed by atoms with Crippen LogP contribution in [0.25, 0.3) is 10.9 Å². The third-order valence-corrected chi connectivity index (χ3v) is 11.0. The minimum Gasteiger partial charge on any atom is -0.394 e. The van der Waals surface area contributed by atoms with Crippen LogP contribution in [0.1, 0.15) is 52.5 Å². The first kappa shape index (κ1) is 34.3. The Labute approximate surface area is 270 Å². The molecule has 2 aromatic carbocycles. The summed E-state index contributed by atoms with van der Waals surface area (Å²) in [4.78, 5) is 19.2. The zero-order valence-corrected chi connectivity index (χ0v) is 27.8. The van der Waals surface area contributed by atoms with Crippen LogP contribution in [0.2, 0.25) is 10.0 Å². The van der Waals surface area contributed by atoms with Crippen molar-refractivity contribution < 1.29 is 10.2 Å². The summed E-state index contributed by atoms with van der Waals surface area (Å²) in [6.45, 7) is 14.6. The van der Waals surface area contributed by atoms with E-state index in [0.29, 0.717) is 58.1 Å². The van der Waals surface area contributed by atoms with Crippen molar-refractivity contribution in [2.24, 2.45) is 29.1 Å². The summed E-state index contributed by atoms with van der Waals surface area (Å²) in [5.74, 6) is 4.64. The van der Waals surface area contributed by atoms with Crippen molar-refractivity contribution in [2.75, 3.05) is 18.5 Å².